The third-order valence-electron chi connectivity index (χ3n) is 3.24. The first-order chi connectivity index (χ1) is 7.33. The second-order valence-corrected chi connectivity index (χ2v) is 4.14. The Bertz CT molecular complexity index is 337. The molecule has 2 N–H and O–H groups in total. The Labute approximate surface area is 89.7 Å². The standard InChI is InChI=1S/C12H16N2O/c13-7-9-3-1-5-11(9)12(15)10-4-2-6-14-8-10/h2,4,6,8-9,11H,1,3,5,7,13H2. The molecule has 1 fully saturated rings. The lowest BCUT2D eigenvalue weighted by Gasteiger charge is -2.16. The summed E-state index contributed by atoms with van der Waals surface area (Å²) in [6.07, 6.45) is 6.53. The fourth-order valence-corrected chi connectivity index (χ4v) is 2.39. The number of hydrogen-bond acceptors (Lipinski definition) is 3. The minimum atomic E-state index is 0.124. The largest absolute Gasteiger partial charge is 0.330 e. The van der Waals surface area contributed by atoms with Crippen LogP contribution in [0.4, 0.5) is 0 Å². The molecule has 1 aromatic rings. The number of carbonyl (C=O) groups excluding carboxylic acids is 1. The van der Waals surface area contributed by atoms with Gasteiger partial charge in [0.2, 0.25) is 0 Å². The molecule has 1 heterocycles. The number of hydrogen-bond donors (Lipinski definition) is 1. The van der Waals surface area contributed by atoms with Gasteiger partial charge in [-0.1, -0.05) is 6.42 Å². The molecule has 3 nitrogen and oxygen atoms in total. The first-order valence-corrected chi connectivity index (χ1v) is 5.47. The summed E-state index contributed by atoms with van der Waals surface area (Å²) in [5.74, 6) is 0.716. The van der Waals surface area contributed by atoms with Crippen LogP contribution in [0.3, 0.4) is 0 Å². The van der Waals surface area contributed by atoms with Gasteiger partial charge in [-0.2, -0.15) is 0 Å². The van der Waals surface area contributed by atoms with Gasteiger partial charge in [-0.3, -0.25) is 9.78 Å². The van der Waals surface area contributed by atoms with Gasteiger partial charge in [0, 0.05) is 23.9 Å². The van der Waals surface area contributed by atoms with E-state index in [4.69, 9.17) is 5.73 Å². The van der Waals surface area contributed by atoms with Crippen LogP contribution in [0.1, 0.15) is 29.6 Å². The molecule has 2 rings (SSSR count). The predicted molar refractivity (Wildman–Crippen MR) is 58.5 cm³/mol. The zero-order valence-electron chi connectivity index (χ0n) is 8.73. The topological polar surface area (TPSA) is 56.0 Å². The lowest BCUT2D eigenvalue weighted by molar-refractivity contribution is 0.0893. The van der Waals surface area contributed by atoms with Crippen molar-refractivity contribution in [1.29, 1.82) is 0 Å². The fourth-order valence-electron chi connectivity index (χ4n) is 2.39. The van der Waals surface area contributed by atoms with Crippen LogP contribution in [-0.4, -0.2) is 17.3 Å². The maximum atomic E-state index is 12.1. The molecule has 1 saturated carbocycles. The molecule has 3 heteroatoms. The van der Waals surface area contributed by atoms with Crippen LogP contribution in [0.2, 0.25) is 0 Å². The predicted octanol–water partition coefficient (Wildman–Crippen LogP) is 1.64. The molecule has 0 aliphatic heterocycles. The van der Waals surface area contributed by atoms with Crippen LogP contribution >= 0.6 is 0 Å². The SMILES string of the molecule is NCC1CCCC1C(=O)c1cccnc1. The molecule has 15 heavy (non-hydrogen) atoms. The van der Waals surface area contributed by atoms with Gasteiger partial charge in [0.1, 0.15) is 0 Å². The van der Waals surface area contributed by atoms with Crippen molar-refractivity contribution in [2.24, 2.45) is 17.6 Å². The van der Waals surface area contributed by atoms with Crippen LogP contribution in [0.15, 0.2) is 24.5 Å². The molecular weight excluding hydrogens is 188 g/mol. The van der Waals surface area contributed by atoms with E-state index in [-0.39, 0.29) is 11.7 Å². The zero-order valence-corrected chi connectivity index (χ0v) is 8.73. The van der Waals surface area contributed by atoms with E-state index in [0.29, 0.717) is 12.5 Å². The maximum absolute atomic E-state index is 12.1. The highest BCUT2D eigenvalue weighted by Crippen LogP contribution is 2.33. The normalized spacial score (nSPS) is 25.4. The fraction of sp³-hybridized carbons (Fsp3) is 0.500. The van der Waals surface area contributed by atoms with Crippen molar-refractivity contribution < 1.29 is 4.79 Å². The van der Waals surface area contributed by atoms with E-state index in [2.05, 4.69) is 4.98 Å². The summed E-state index contributed by atoms with van der Waals surface area (Å²) in [5.41, 5.74) is 6.40. The lowest BCUT2D eigenvalue weighted by Crippen LogP contribution is -2.25. The Balaban J connectivity index is 2.14. The van der Waals surface area contributed by atoms with Crippen LogP contribution in [-0.2, 0) is 0 Å². The second kappa shape index (κ2) is 4.53. The molecule has 0 aromatic carbocycles. The third-order valence-corrected chi connectivity index (χ3v) is 3.24. The summed E-state index contributed by atoms with van der Waals surface area (Å²) in [6, 6.07) is 3.64. The number of ketones is 1. The number of rotatable bonds is 3. The van der Waals surface area contributed by atoms with Crippen molar-refractivity contribution in [2.45, 2.75) is 19.3 Å². The Hall–Kier alpha value is -1.22. The van der Waals surface area contributed by atoms with E-state index >= 15 is 0 Å². The number of nitrogens with zero attached hydrogens (tertiary/aromatic N) is 1. The van der Waals surface area contributed by atoms with Crippen molar-refractivity contribution >= 4 is 5.78 Å². The molecule has 1 aromatic heterocycles. The van der Waals surface area contributed by atoms with Gasteiger partial charge >= 0.3 is 0 Å². The molecule has 2 unspecified atom stereocenters. The molecule has 1 aliphatic rings. The smallest absolute Gasteiger partial charge is 0.167 e. The van der Waals surface area contributed by atoms with Crippen LogP contribution in [0.5, 0.6) is 0 Å². The summed E-state index contributed by atoms with van der Waals surface area (Å²) in [6.45, 7) is 0.622. The Morgan fingerprint density at radius 2 is 2.40 bits per heavy atom. The Morgan fingerprint density at radius 3 is 3.07 bits per heavy atom. The van der Waals surface area contributed by atoms with E-state index in [9.17, 15) is 4.79 Å². The highest BCUT2D eigenvalue weighted by Gasteiger charge is 2.32. The van der Waals surface area contributed by atoms with Crippen molar-refractivity contribution in [1.82, 2.24) is 4.98 Å². The summed E-state index contributed by atoms with van der Waals surface area (Å²) in [4.78, 5) is 16.1. The van der Waals surface area contributed by atoms with E-state index in [0.717, 1.165) is 24.8 Å². The minimum Gasteiger partial charge on any atom is -0.330 e. The van der Waals surface area contributed by atoms with Crippen molar-refractivity contribution in [3.05, 3.63) is 30.1 Å². The van der Waals surface area contributed by atoms with Crippen molar-refractivity contribution in [2.75, 3.05) is 6.54 Å². The first-order valence-electron chi connectivity index (χ1n) is 5.47. The lowest BCUT2D eigenvalue weighted by atomic mass is 9.89. The van der Waals surface area contributed by atoms with Gasteiger partial charge in [-0.15, -0.1) is 0 Å². The van der Waals surface area contributed by atoms with E-state index < -0.39 is 0 Å². The molecule has 0 amide bonds. The van der Waals surface area contributed by atoms with E-state index in [1.807, 2.05) is 6.07 Å². The molecule has 1 aliphatic carbocycles. The van der Waals surface area contributed by atoms with Crippen LogP contribution < -0.4 is 5.73 Å². The molecule has 2 atom stereocenters. The summed E-state index contributed by atoms with van der Waals surface area (Å²) in [7, 11) is 0. The van der Waals surface area contributed by atoms with E-state index in [1.165, 1.54) is 0 Å². The van der Waals surface area contributed by atoms with Crippen molar-refractivity contribution in [3.8, 4) is 0 Å². The average molecular weight is 204 g/mol. The first kappa shape index (κ1) is 10.3. The zero-order chi connectivity index (χ0) is 10.7. The quantitative estimate of drug-likeness (QED) is 0.761. The maximum Gasteiger partial charge on any atom is 0.167 e. The van der Waals surface area contributed by atoms with Crippen LogP contribution in [0, 0.1) is 11.8 Å². The summed E-state index contributed by atoms with van der Waals surface area (Å²) < 4.78 is 0. The van der Waals surface area contributed by atoms with Gasteiger partial charge in [0.25, 0.3) is 0 Å². The number of aromatic nitrogens is 1. The van der Waals surface area contributed by atoms with Gasteiger partial charge in [0.15, 0.2) is 5.78 Å². The summed E-state index contributed by atoms with van der Waals surface area (Å²) >= 11 is 0. The molecule has 0 radical (unpaired) electrons. The number of carbonyl (C=O) groups is 1. The highest BCUT2D eigenvalue weighted by molar-refractivity contribution is 5.97. The number of pyridine rings is 1. The molecule has 0 saturated heterocycles. The molecule has 0 spiro atoms. The summed E-state index contributed by atoms with van der Waals surface area (Å²) in [5, 5.41) is 0. The Kier molecular flexibility index (Phi) is 3.11. The monoisotopic (exact) mass is 204 g/mol. The molecule has 80 valence electrons. The minimum absolute atomic E-state index is 0.124. The van der Waals surface area contributed by atoms with Gasteiger partial charge in [0.05, 0.1) is 0 Å². The second-order valence-electron chi connectivity index (χ2n) is 4.14. The van der Waals surface area contributed by atoms with E-state index in [1.54, 1.807) is 18.5 Å². The van der Waals surface area contributed by atoms with Gasteiger partial charge in [-0.05, 0) is 37.4 Å². The van der Waals surface area contributed by atoms with Gasteiger partial charge < -0.3 is 5.73 Å². The number of nitrogens with two attached hydrogens (primary N) is 1. The highest BCUT2D eigenvalue weighted by atomic mass is 16.1. The van der Waals surface area contributed by atoms with Crippen molar-refractivity contribution in [3.63, 3.8) is 0 Å². The Morgan fingerprint density at radius 1 is 1.53 bits per heavy atom. The number of Topliss-reactive ketones (excluding diaryl/α,β-unsaturated/α-hetero) is 1. The average Bonchev–Trinajstić information content (AvgIpc) is 2.77. The molecular formula is C12H16N2O. The van der Waals surface area contributed by atoms with Gasteiger partial charge in [-0.25, -0.2) is 0 Å². The van der Waals surface area contributed by atoms with Crippen LogP contribution in [0.25, 0.3) is 0 Å². The molecule has 0 bridgehead atoms. The third kappa shape index (κ3) is 2.07.